The van der Waals surface area contributed by atoms with E-state index in [2.05, 4.69) is 65.5 Å². The van der Waals surface area contributed by atoms with Gasteiger partial charge in [-0.15, -0.1) is 0 Å². The van der Waals surface area contributed by atoms with E-state index in [4.69, 9.17) is 9.47 Å². The van der Waals surface area contributed by atoms with Crippen LogP contribution in [0.4, 0.5) is 0 Å². The Hall–Kier alpha value is -1.97. The maximum atomic E-state index is 12.3. The Kier molecular flexibility index (Phi) is 6.93. The molecule has 4 rings (SSSR count). The molecule has 156 valence electrons. The Balaban J connectivity index is 1.55. The van der Waals surface area contributed by atoms with E-state index < -0.39 is 5.97 Å². The number of nitrogens with zero attached hydrogens (tertiary/aromatic N) is 1. The minimum absolute atomic E-state index is 0.252. The van der Waals surface area contributed by atoms with Gasteiger partial charge >= 0.3 is 5.97 Å². The van der Waals surface area contributed by atoms with Gasteiger partial charge in [-0.3, -0.25) is 0 Å². The van der Waals surface area contributed by atoms with Crippen LogP contribution < -0.4 is 4.74 Å². The average Bonchev–Trinajstić information content (AvgIpc) is 3.08. The van der Waals surface area contributed by atoms with Gasteiger partial charge in [0.2, 0.25) is 5.90 Å². The van der Waals surface area contributed by atoms with Crippen LogP contribution in [-0.2, 0) is 16.1 Å². The van der Waals surface area contributed by atoms with E-state index in [9.17, 15) is 4.79 Å². The molecule has 0 bridgehead atoms. The summed E-state index contributed by atoms with van der Waals surface area (Å²) in [7, 11) is 0. The van der Waals surface area contributed by atoms with Crippen molar-refractivity contribution in [3.05, 3.63) is 101 Å². The molecule has 1 aliphatic heterocycles. The number of cyclic esters (lactones) is 1. The number of aryl methyl sites for hydroxylation is 1. The zero-order chi connectivity index (χ0) is 22.0. The molecule has 0 spiro atoms. The Labute approximate surface area is 210 Å². The van der Waals surface area contributed by atoms with Crippen LogP contribution in [0.5, 0.6) is 5.75 Å². The lowest BCUT2D eigenvalue weighted by Gasteiger charge is -2.12. The topological polar surface area (TPSA) is 47.9 Å². The number of benzene rings is 3. The van der Waals surface area contributed by atoms with E-state index in [0.717, 1.165) is 34.8 Å². The van der Waals surface area contributed by atoms with E-state index >= 15 is 0 Å². The van der Waals surface area contributed by atoms with Gasteiger partial charge in [-0.1, -0.05) is 29.8 Å². The lowest BCUT2D eigenvalue weighted by Crippen LogP contribution is -2.05. The lowest BCUT2D eigenvalue weighted by atomic mass is 10.1. The number of ether oxygens (including phenoxy) is 2. The van der Waals surface area contributed by atoms with Crippen molar-refractivity contribution in [2.24, 2.45) is 4.99 Å². The summed E-state index contributed by atoms with van der Waals surface area (Å²) in [6, 6.07) is 19.6. The van der Waals surface area contributed by atoms with E-state index in [1.54, 1.807) is 6.08 Å². The second-order valence-corrected chi connectivity index (χ2v) is 9.89. The molecule has 0 radical (unpaired) electrons. The summed E-state index contributed by atoms with van der Waals surface area (Å²) in [5, 5.41) is 0. The van der Waals surface area contributed by atoms with Gasteiger partial charge in [-0.05, 0) is 115 Å². The van der Waals surface area contributed by atoms with Gasteiger partial charge in [-0.25, -0.2) is 9.79 Å². The largest absolute Gasteiger partial charge is 0.487 e. The third kappa shape index (κ3) is 5.45. The van der Waals surface area contributed by atoms with Crippen LogP contribution in [0.1, 0.15) is 22.3 Å². The Morgan fingerprint density at radius 1 is 1.06 bits per heavy atom. The molecule has 0 N–H and O–H groups in total. The fourth-order valence-corrected chi connectivity index (χ4v) is 5.03. The summed E-state index contributed by atoms with van der Waals surface area (Å²) in [6.45, 7) is 2.45. The molecule has 0 saturated carbocycles. The summed E-state index contributed by atoms with van der Waals surface area (Å²) < 4.78 is 14.1. The van der Waals surface area contributed by atoms with Crippen molar-refractivity contribution in [3.8, 4) is 5.75 Å². The summed E-state index contributed by atoms with van der Waals surface area (Å²) in [5.41, 5.74) is 4.03. The molecule has 0 aromatic heterocycles. The summed E-state index contributed by atoms with van der Waals surface area (Å²) in [6.07, 6.45) is 1.70. The van der Waals surface area contributed by atoms with Crippen molar-refractivity contribution in [1.82, 2.24) is 0 Å². The minimum atomic E-state index is -0.471. The number of rotatable bonds is 5. The lowest BCUT2D eigenvalue weighted by molar-refractivity contribution is -0.129. The number of carbonyl (C=O) groups excluding carboxylic acids is 1. The van der Waals surface area contributed by atoms with Crippen LogP contribution in [0.2, 0.25) is 0 Å². The molecule has 1 aliphatic rings. The highest BCUT2D eigenvalue weighted by atomic mass is 127. The normalized spacial score (nSPS) is 14.5. The van der Waals surface area contributed by atoms with Crippen LogP contribution in [0, 0.1) is 10.5 Å². The van der Waals surface area contributed by atoms with Gasteiger partial charge < -0.3 is 9.47 Å². The Morgan fingerprint density at radius 2 is 1.77 bits per heavy atom. The predicted molar refractivity (Wildman–Crippen MR) is 137 cm³/mol. The molecule has 31 heavy (non-hydrogen) atoms. The molecule has 3 aromatic carbocycles. The van der Waals surface area contributed by atoms with E-state index in [1.165, 1.54) is 0 Å². The molecule has 0 atom stereocenters. The first kappa shape index (κ1) is 22.2. The molecule has 3 aromatic rings. The van der Waals surface area contributed by atoms with E-state index in [1.807, 2.05) is 61.5 Å². The minimum Gasteiger partial charge on any atom is -0.487 e. The zero-order valence-electron chi connectivity index (χ0n) is 16.4. The van der Waals surface area contributed by atoms with Crippen LogP contribution in [0.15, 0.2) is 80.3 Å². The molecule has 0 fully saturated rings. The van der Waals surface area contributed by atoms with Crippen LogP contribution >= 0.6 is 54.5 Å². The van der Waals surface area contributed by atoms with Gasteiger partial charge in [0.25, 0.3) is 0 Å². The van der Waals surface area contributed by atoms with Crippen LogP contribution in [0.25, 0.3) is 6.08 Å². The van der Waals surface area contributed by atoms with Gasteiger partial charge in [-0.2, -0.15) is 0 Å². The summed E-state index contributed by atoms with van der Waals surface area (Å²) in [5.74, 6) is 0.535. The number of carbonyl (C=O) groups is 1. The highest BCUT2D eigenvalue weighted by molar-refractivity contribution is 14.1. The number of esters is 1. The second-order valence-electron chi connectivity index (χ2n) is 6.93. The quantitative estimate of drug-likeness (QED) is 0.169. The monoisotopic (exact) mass is 651 g/mol. The molecule has 7 heteroatoms. The van der Waals surface area contributed by atoms with Crippen molar-refractivity contribution in [1.29, 1.82) is 0 Å². The fraction of sp³-hybridized carbons (Fsp3) is 0.0833. The maximum Gasteiger partial charge on any atom is 0.363 e. The highest BCUT2D eigenvalue weighted by Crippen LogP contribution is 2.36. The Morgan fingerprint density at radius 3 is 2.45 bits per heavy atom. The molecule has 1 heterocycles. The van der Waals surface area contributed by atoms with E-state index in [-0.39, 0.29) is 5.70 Å². The molecule has 0 amide bonds. The third-order valence-corrected chi connectivity index (χ3v) is 6.36. The molecule has 0 unspecified atom stereocenters. The summed E-state index contributed by atoms with van der Waals surface area (Å²) >= 11 is 9.42. The number of aliphatic imine (C=N–C) groups is 1. The van der Waals surface area contributed by atoms with Crippen molar-refractivity contribution >= 4 is 72.4 Å². The van der Waals surface area contributed by atoms with Gasteiger partial charge in [0, 0.05) is 9.13 Å². The highest BCUT2D eigenvalue weighted by Gasteiger charge is 2.24. The molecular formula is C24H16Br2INO3. The van der Waals surface area contributed by atoms with Gasteiger partial charge in [0.15, 0.2) is 5.70 Å². The van der Waals surface area contributed by atoms with Crippen LogP contribution in [-0.4, -0.2) is 11.9 Å². The number of hydrogen-bond donors (Lipinski definition) is 0. The first-order valence-corrected chi connectivity index (χ1v) is 12.0. The van der Waals surface area contributed by atoms with Crippen LogP contribution in [0.3, 0.4) is 0 Å². The standard InChI is InChI=1S/C24H16Br2INO3/c1-14-5-7-17(8-6-14)23-28-21(24(29)31-23)12-16-10-19(25)22(20(26)11-16)30-13-15-3-2-4-18(27)9-15/h2-12H,13H2,1H3/b21-12-. The summed E-state index contributed by atoms with van der Waals surface area (Å²) in [4.78, 5) is 16.7. The zero-order valence-corrected chi connectivity index (χ0v) is 21.7. The Bertz CT molecular complexity index is 1200. The number of hydrogen-bond acceptors (Lipinski definition) is 4. The SMILES string of the molecule is Cc1ccc(C2=N/C(=C\c3cc(Br)c(OCc4cccc(I)c4)c(Br)c3)C(=O)O2)cc1. The average molecular weight is 653 g/mol. The smallest absolute Gasteiger partial charge is 0.363 e. The third-order valence-electron chi connectivity index (χ3n) is 4.52. The van der Waals surface area contributed by atoms with Crippen molar-refractivity contribution in [3.63, 3.8) is 0 Å². The first-order chi connectivity index (χ1) is 14.9. The molecular weight excluding hydrogens is 637 g/mol. The van der Waals surface area contributed by atoms with Crippen molar-refractivity contribution in [2.75, 3.05) is 0 Å². The predicted octanol–water partition coefficient (Wildman–Crippen LogP) is 7.05. The maximum absolute atomic E-state index is 12.3. The van der Waals surface area contributed by atoms with E-state index in [0.29, 0.717) is 18.3 Å². The van der Waals surface area contributed by atoms with Gasteiger partial charge in [0.05, 0.1) is 8.95 Å². The van der Waals surface area contributed by atoms with Gasteiger partial charge in [0.1, 0.15) is 12.4 Å². The fourth-order valence-electron chi connectivity index (χ4n) is 2.97. The molecule has 0 saturated heterocycles. The van der Waals surface area contributed by atoms with Crippen molar-refractivity contribution < 1.29 is 14.3 Å². The first-order valence-electron chi connectivity index (χ1n) is 9.35. The van der Waals surface area contributed by atoms with Crippen molar-refractivity contribution in [2.45, 2.75) is 13.5 Å². The molecule has 0 aliphatic carbocycles. The second kappa shape index (κ2) is 9.67. The number of halogens is 3. The molecule has 4 nitrogen and oxygen atoms in total.